The number of carboxylic acid groups (broad SMARTS) is 1. The van der Waals surface area contributed by atoms with Crippen LogP contribution in [0.3, 0.4) is 0 Å². The zero-order valence-electron chi connectivity index (χ0n) is 22.8. The minimum atomic E-state index is -1.34. The van der Waals surface area contributed by atoms with E-state index in [0.29, 0.717) is 23.6 Å². The molecule has 2 saturated carbocycles. The number of oxime groups is 1. The number of nitrogens with zero attached hydrogens (tertiary/aromatic N) is 4. The molecule has 0 amide bonds. The van der Waals surface area contributed by atoms with Crippen molar-refractivity contribution in [3.05, 3.63) is 40.3 Å². The quantitative estimate of drug-likeness (QED) is 0.303. The van der Waals surface area contributed by atoms with Crippen molar-refractivity contribution in [3.63, 3.8) is 0 Å². The number of hydrogen-bond acceptors (Lipinski definition) is 7. The Morgan fingerprint density at radius 3 is 2.33 bits per heavy atom. The number of ether oxygens (including phenoxy) is 1. The molecule has 2 aliphatic carbocycles. The zero-order chi connectivity index (χ0) is 26.9. The SMILES string of the molecule is COCCO/N=C(\C(=O)O)c1nc2ccccc2n(C2C[C@H]3CCC[C@@H](C2)N3C2C[C@H]3CCC[C@@H](C2)C3)c1=O. The van der Waals surface area contributed by atoms with Gasteiger partial charge in [-0.2, -0.15) is 0 Å². The summed E-state index contributed by atoms with van der Waals surface area (Å²) >= 11 is 0. The Labute approximate surface area is 229 Å². The maximum atomic E-state index is 14.0. The summed E-state index contributed by atoms with van der Waals surface area (Å²) in [5, 5.41) is 13.7. The van der Waals surface area contributed by atoms with Crippen molar-refractivity contribution in [1.82, 2.24) is 14.5 Å². The minimum Gasteiger partial charge on any atom is -0.476 e. The standard InChI is InChI=1S/C30H40N4O5/c1-38-12-13-39-32-28(30(36)37)27-29(35)34(26-11-3-2-10-25(26)31-27)24-17-21-8-5-9-22(18-24)33(21)23-15-19-6-4-7-20(14-19)16-23/h2-3,10-11,19-24H,4-9,12-18H2,1H3,(H,36,37)/b32-28-/t19-,20+,21-,22+,23?,24?. The molecule has 1 N–H and O–H groups in total. The lowest BCUT2D eigenvalue weighted by atomic mass is 9.68. The first-order chi connectivity index (χ1) is 19.0. The fourth-order valence-electron chi connectivity index (χ4n) is 8.22. The number of para-hydroxylation sites is 2. The molecule has 2 unspecified atom stereocenters. The maximum Gasteiger partial charge on any atom is 0.360 e. The van der Waals surface area contributed by atoms with Gasteiger partial charge in [0.15, 0.2) is 5.69 Å². The second-order valence-electron chi connectivity index (χ2n) is 12.0. The molecule has 4 bridgehead atoms. The van der Waals surface area contributed by atoms with E-state index >= 15 is 0 Å². The second-order valence-corrected chi connectivity index (χ2v) is 12.0. The van der Waals surface area contributed by atoms with E-state index in [1.54, 1.807) is 0 Å². The van der Waals surface area contributed by atoms with E-state index in [9.17, 15) is 14.7 Å². The first-order valence-corrected chi connectivity index (χ1v) is 14.7. The van der Waals surface area contributed by atoms with Gasteiger partial charge in [-0.25, -0.2) is 9.78 Å². The summed E-state index contributed by atoms with van der Waals surface area (Å²) in [7, 11) is 1.52. The van der Waals surface area contributed by atoms with Crippen LogP contribution in [-0.4, -0.2) is 69.7 Å². The van der Waals surface area contributed by atoms with E-state index < -0.39 is 17.2 Å². The van der Waals surface area contributed by atoms with Gasteiger partial charge in [-0.15, -0.1) is 0 Å². The van der Waals surface area contributed by atoms with E-state index in [1.807, 2.05) is 28.8 Å². The van der Waals surface area contributed by atoms with E-state index in [4.69, 9.17) is 9.57 Å². The number of fused-ring (bicyclic) bond motifs is 5. The predicted octanol–water partition coefficient (Wildman–Crippen LogP) is 4.38. The van der Waals surface area contributed by atoms with Gasteiger partial charge < -0.3 is 19.2 Å². The number of carboxylic acids is 1. The fourth-order valence-corrected chi connectivity index (χ4v) is 8.22. The van der Waals surface area contributed by atoms with E-state index in [0.717, 1.165) is 30.2 Å². The Bertz CT molecular complexity index is 1270. The fraction of sp³-hybridized carbons (Fsp3) is 0.667. The highest BCUT2D eigenvalue weighted by atomic mass is 16.6. The van der Waals surface area contributed by atoms with Crippen LogP contribution in [0.2, 0.25) is 0 Å². The Morgan fingerprint density at radius 2 is 1.64 bits per heavy atom. The number of aliphatic carboxylic acids is 1. The highest BCUT2D eigenvalue weighted by molar-refractivity contribution is 6.41. The summed E-state index contributed by atoms with van der Waals surface area (Å²) in [4.78, 5) is 38.7. The number of benzene rings is 1. The highest BCUT2D eigenvalue weighted by Crippen LogP contribution is 2.47. The first kappa shape index (κ1) is 26.4. The smallest absolute Gasteiger partial charge is 0.360 e. The van der Waals surface area contributed by atoms with Crippen LogP contribution < -0.4 is 5.56 Å². The van der Waals surface area contributed by atoms with E-state index in [1.165, 1.54) is 64.9 Å². The molecule has 3 heterocycles. The predicted molar refractivity (Wildman–Crippen MR) is 148 cm³/mol. The molecule has 1 aromatic heterocycles. The van der Waals surface area contributed by atoms with Crippen LogP contribution in [0.5, 0.6) is 0 Å². The lowest BCUT2D eigenvalue weighted by Gasteiger charge is -2.55. The van der Waals surface area contributed by atoms with Crippen molar-refractivity contribution in [2.45, 2.75) is 94.8 Å². The molecule has 9 nitrogen and oxygen atoms in total. The summed E-state index contributed by atoms with van der Waals surface area (Å²) in [6, 6.07) is 9.10. The molecule has 39 heavy (non-hydrogen) atoms. The number of carbonyl (C=O) groups is 1. The Kier molecular flexibility index (Phi) is 7.71. The lowest BCUT2D eigenvalue weighted by Crippen LogP contribution is -2.58. The minimum absolute atomic E-state index is 0.0109. The third-order valence-electron chi connectivity index (χ3n) is 9.65. The molecule has 4 fully saturated rings. The van der Waals surface area contributed by atoms with Crippen LogP contribution >= 0.6 is 0 Å². The van der Waals surface area contributed by atoms with Gasteiger partial charge in [0.25, 0.3) is 5.56 Å². The molecular formula is C30H40N4O5. The molecule has 1 aromatic carbocycles. The van der Waals surface area contributed by atoms with Crippen molar-refractivity contribution in [3.8, 4) is 0 Å². The Balaban J connectivity index is 1.34. The Hall–Kier alpha value is -2.78. The average Bonchev–Trinajstić information content (AvgIpc) is 2.92. The van der Waals surface area contributed by atoms with E-state index in [2.05, 4.69) is 15.0 Å². The van der Waals surface area contributed by atoms with Crippen LogP contribution in [0.1, 0.15) is 82.4 Å². The molecule has 2 aliphatic heterocycles. The second kappa shape index (κ2) is 11.4. The van der Waals surface area contributed by atoms with Crippen molar-refractivity contribution in [2.24, 2.45) is 17.0 Å². The van der Waals surface area contributed by atoms with Crippen LogP contribution in [-0.2, 0) is 14.4 Å². The van der Waals surface area contributed by atoms with Gasteiger partial charge in [-0.3, -0.25) is 9.69 Å². The van der Waals surface area contributed by atoms with Gasteiger partial charge >= 0.3 is 5.97 Å². The molecule has 2 saturated heterocycles. The topological polar surface area (TPSA) is 106 Å². The van der Waals surface area contributed by atoms with Crippen molar-refractivity contribution in [2.75, 3.05) is 20.3 Å². The maximum absolute atomic E-state index is 14.0. The molecule has 2 aromatic rings. The summed E-state index contributed by atoms with van der Waals surface area (Å²) in [6.07, 6.45) is 13.6. The number of rotatable bonds is 8. The number of hydrogen-bond donors (Lipinski definition) is 1. The average molecular weight is 537 g/mol. The zero-order valence-corrected chi connectivity index (χ0v) is 22.8. The van der Waals surface area contributed by atoms with E-state index in [-0.39, 0.29) is 24.9 Å². The van der Waals surface area contributed by atoms with Crippen molar-refractivity contribution >= 4 is 22.7 Å². The summed E-state index contributed by atoms with van der Waals surface area (Å²) in [6.45, 7) is 0.343. The van der Waals surface area contributed by atoms with Crippen molar-refractivity contribution < 1.29 is 19.5 Å². The lowest BCUT2D eigenvalue weighted by molar-refractivity contribution is -0.129. The molecule has 210 valence electrons. The molecular weight excluding hydrogens is 496 g/mol. The summed E-state index contributed by atoms with van der Waals surface area (Å²) in [5.41, 5.74) is 0.285. The van der Waals surface area contributed by atoms with Gasteiger partial charge in [0.2, 0.25) is 5.71 Å². The van der Waals surface area contributed by atoms with Gasteiger partial charge in [0.1, 0.15) is 6.61 Å². The summed E-state index contributed by atoms with van der Waals surface area (Å²) in [5.74, 6) is 0.429. The monoisotopic (exact) mass is 536 g/mol. The summed E-state index contributed by atoms with van der Waals surface area (Å²) < 4.78 is 6.78. The molecule has 0 spiro atoms. The van der Waals surface area contributed by atoms with Crippen LogP contribution in [0.25, 0.3) is 11.0 Å². The molecule has 9 heteroatoms. The van der Waals surface area contributed by atoms with Gasteiger partial charge in [0, 0.05) is 31.3 Å². The highest BCUT2D eigenvalue weighted by Gasteiger charge is 2.45. The molecule has 6 rings (SSSR count). The van der Waals surface area contributed by atoms with Crippen LogP contribution in [0, 0.1) is 11.8 Å². The van der Waals surface area contributed by atoms with Gasteiger partial charge in [-0.05, 0) is 68.9 Å². The Morgan fingerprint density at radius 1 is 0.949 bits per heavy atom. The first-order valence-electron chi connectivity index (χ1n) is 14.7. The molecule has 4 aliphatic rings. The van der Waals surface area contributed by atoms with Gasteiger partial charge in [0.05, 0.1) is 17.6 Å². The number of methoxy groups -OCH3 is 1. The van der Waals surface area contributed by atoms with Crippen molar-refractivity contribution in [1.29, 1.82) is 0 Å². The number of aromatic nitrogens is 2. The van der Waals surface area contributed by atoms with Crippen LogP contribution in [0.4, 0.5) is 0 Å². The third kappa shape index (κ3) is 5.23. The largest absolute Gasteiger partial charge is 0.476 e. The van der Waals surface area contributed by atoms with Crippen LogP contribution in [0.15, 0.2) is 34.2 Å². The third-order valence-corrected chi connectivity index (χ3v) is 9.65. The number of piperidine rings is 2. The molecule has 0 radical (unpaired) electrons. The normalized spacial score (nSPS) is 31.3. The van der Waals surface area contributed by atoms with Gasteiger partial charge in [-0.1, -0.05) is 43.0 Å². The molecule has 6 atom stereocenters.